The number of nitrogens with zero attached hydrogens (tertiary/aromatic N) is 3. The van der Waals surface area contributed by atoms with Crippen LogP contribution in [0.4, 0.5) is 5.82 Å². The van der Waals surface area contributed by atoms with Crippen molar-refractivity contribution in [2.24, 2.45) is 0 Å². The van der Waals surface area contributed by atoms with E-state index in [9.17, 15) is 0 Å². The lowest BCUT2D eigenvalue weighted by Gasteiger charge is -2.22. The number of fused-ring (bicyclic) bond motifs is 1. The molecular formula is C16H15N3O2. The minimum Gasteiger partial charge on any atom is -0.454 e. The quantitative estimate of drug-likeness (QED) is 0.862. The van der Waals surface area contributed by atoms with Crippen molar-refractivity contribution in [3.63, 3.8) is 0 Å². The Morgan fingerprint density at radius 3 is 2.81 bits per heavy atom. The molecule has 0 spiro atoms. The van der Waals surface area contributed by atoms with Gasteiger partial charge in [-0.15, -0.1) is 0 Å². The van der Waals surface area contributed by atoms with E-state index in [0.29, 0.717) is 5.56 Å². The number of rotatable bonds is 4. The third-order valence-electron chi connectivity index (χ3n) is 3.39. The average Bonchev–Trinajstić information content (AvgIpc) is 3.00. The van der Waals surface area contributed by atoms with Gasteiger partial charge in [-0.05, 0) is 36.8 Å². The van der Waals surface area contributed by atoms with Crippen molar-refractivity contribution in [1.29, 1.82) is 5.26 Å². The number of hydrogen-bond acceptors (Lipinski definition) is 5. The first-order valence-electron chi connectivity index (χ1n) is 6.80. The van der Waals surface area contributed by atoms with Crippen molar-refractivity contribution in [3.05, 3.63) is 47.7 Å². The molecule has 0 amide bonds. The third-order valence-corrected chi connectivity index (χ3v) is 3.39. The predicted octanol–water partition coefficient (Wildman–Crippen LogP) is 2.71. The Labute approximate surface area is 123 Å². The van der Waals surface area contributed by atoms with Crippen LogP contribution in [0.5, 0.6) is 11.5 Å². The number of hydrogen-bond donors (Lipinski definition) is 0. The molecule has 0 saturated carbocycles. The fraction of sp³-hybridized carbons (Fsp3) is 0.250. The van der Waals surface area contributed by atoms with Gasteiger partial charge in [0.15, 0.2) is 11.5 Å². The van der Waals surface area contributed by atoms with Gasteiger partial charge in [0, 0.05) is 19.3 Å². The van der Waals surface area contributed by atoms with Crippen molar-refractivity contribution in [2.45, 2.75) is 13.5 Å². The van der Waals surface area contributed by atoms with Gasteiger partial charge in [0.25, 0.3) is 0 Å². The molecule has 1 aromatic carbocycles. The van der Waals surface area contributed by atoms with E-state index in [1.165, 1.54) is 0 Å². The lowest BCUT2D eigenvalue weighted by Crippen LogP contribution is -2.22. The standard InChI is InChI=1S/C16H15N3O2/c1-2-19(16-6-4-13(8-17)9-18-16)10-12-3-5-14-15(7-12)21-11-20-14/h3-7,9H,2,10-11H2,1H3. The van der Waals surface area contributed by atoms with E-state index in [-0.39, 0.29) is 6.79 Å². The fourth-order valence-corrected chi connectivity index (χ4v) is 2.25. The number of aromatic nitrogens is 1. The van der Waals surface area contributed by atoms with Crippen LogP contribution in [0.2, 0.25) is 0 Å². The molecule has 5 nitrogen and oxygen atoms in total. The molecule has 0 aliphatic carbocycles. The van der Waals surface area contributed by atoms with Crippen molar-refractivity contribution < 1.29 is 9.47 Å². The molecule has 0 N–H and O–H groups in total. The smallest absolute Gasteiger partial charge is 0.231 e. The summed E-state index contributed by atoms with van der Waals surface area (Å²) in [5.41, 5.74) is 1.70. The molecular weight excluding hydrogens is 266 g/mol. The van der Waals surface area contributed by atoms with Gasteiger partial charge in [0.05, 0.1) is 5.56 Å². The molecule has 3 rings (SSSR count). The van der Waals surface area contributed by atoms with Crippen LogP contribution in [-0.4, -0.2) is 18.3 Å². The van der Waals surface area contributed by atoms with Crippen molar-refractivity contribution in [2.75, 3.05) is 18.2 Å². The van der Waals surface area contributed by atoms with E-state index in [0.717, 1.165) is 36.0 Å². The van der Waals surface area contributed by atoms with Gasteiger partial charge in [0.2, 0.25) is 6.79 Å². The van der Waals surface area contributed by atoms with Crippen LogP contribution in [0.25, 0.3) is 0 Å². The van der Waals surface area contributed by atoms with Crippen molar-refractivity contribution in [1.82, 2.24) is 4.98 Å². The van der Waals surface area contributed by atoms with Crippen LogP contribution >= 0.6 is 0 Å². The summed E-state index contributed by atoms with van der Waals surface area (Å²) in [4.78, 5) is 6.47. The Morgan fingerprint density at radius 2 is 2.10 bits per heavy atom. The molecule has 0 saturated heterocycles. The van der Waals surface area contributed by atoms with Gasteiger partial charge in [-0.25, -0.2) is 4.98 Å². The number of nitriles is 1. The monoisotopic (exact) mass is 281 g/mol. The third kappa shape index (κ3) is 2.75. The van der Waals surface area contributed by atoms with Crippen LogP contribution in [0.1, 0.15) is 18.1 Å². The zero-order chi connectivity index (χ0) is 14.7. The Bertz CT molecular complexity index is 677. The second-order valence-electron chi connectivity index (χ2n) is 4.72. The lowest BCUT2D eigenvalue weighted by molar-refractivity contribution is 0.174. The molecule has 106 valence electrons. The van der Waals surface area contributed by atoms with Gasteiger partial charge < -0.3 is 14.4 Å². The van der Waals surface area contributed by atoms with E-state index in [1.54, 1.807) is 12.3 Å². The first-order chi connectivity index (χ1) is 10.3. The average molecular weight is 281 g/mol. The molecule has 0 atom stereocenters. The highest BCUT2D eigenvalue weighted by Gasteiger charge is 2.14. The molecule has 1 aromatic heterocycles. The first-order valence-corrected chi connectivity index (χ1v) is 6.80. The van der Waals surface area contributed by atoms with Crippen LogP contribution in [-0.2, 0) is 6.54 Å². The molecule has 21 heavy (non-hydrogen) atoms. The summed E-state index contributed by atoms with van der Waals surface area (Å²) in [7, 11) is 0. The van der Waals surface area contributed by atoms with E-state index in [4.69, 9.17) is 14.7 Å². The number of benzene rings is 1. The van der Waals surface area contributed by atoms with Crippen LogP contribution in [0.15, 0.2) is 36.5 Å². The van der Waals surface area contributed by atoms with Gasteiger partial charge in [-0.1, -0.05) is 6.07 Å². The highest BCUT2D eigenvalue weighted by Crippen LogP contribution is 2.33. The fourth-order valence-electron chi connectivity index (χ4n) is 2.25. The molecule has 5 heteroatoms. The summed E-state index contributed by atoms with van der Waals surface area (Å²) < 4.78 is 10.7. The molecule has 2 heterocycles. The van der Waals surface area contributed by atoms with Crippen LogP contribution < -0.4 is 14.4 Å². The lowest BCUT2D eigenvalue weighted by atomic mass is 10.2. The summed E-state index contributed by atoms with van der Waals surface area (Å²) in [6, 6.07) is 11.7. The summed E-state index contributed by atoms with van der Waals surface area (Å²) in [6.45, 7) is 3.92. The normalized spacial score (nSPS) is 12.0. The summed E-state index contributed by atoms with van der Waals surface area (Å²) in [5, 5.41) is 8.82. The Hall–Kier alpha value is -2.74. The minimum atomic E-state index is 0.285. The maximum absolute atomic E-state index is 8.82. The maximum Gasteiger partial charge on any atom is 0.231 e. The topological polar surface area (TPSA) is 58.4 Å². The maximum atomic E-state index is 8.82. The van der Waals surface area contributed by atoms with Gasteiger partial charge in [-0.2, -0.15) is 5.26 Å². The zero-order valence-corrected chi connectivity index (χ0v) is 11.7. The van der Waals surface area contributed by atoms with Gasteiger partial charge >= 0.3 is 0 Å². The number of anilines is 1. The van der Waals surface area contributed by atoms with Gasteiger partial charge in [-0.3, -0.25) is 0 Å². The van der Waals surface area contributed by atoms with Crippen molar-refractivity contribution >= 4 is 5.82 Å². The summed E-state index contributed by atoms with van der Waals surface area (Å²) in [5.74, 6) is 2.43. The van der Waals surface area contributed by atoms with E-state index >= 15 is 0 Å². The number of pyridine rings is 1. The van der Waals surface area contributed by atoms with Crippen LogP contribution in [0, 0.1) is 11.3 Å². The predicted molar refractivity (Wildman–Crippen MR) is 78.2 cm³/mol. The molecule has 0 bridgehead atoms. The largest absolute Gasteiger partial charge is 0.454 e. The van der Waals surface area contributed by atoms with E-state index in [2.05, 4.69) is 22.9 Å². The van der Waals surface area contributed by atoms with Crippen LogP contribution in [0.3, 0.4) is 0 Å². The van der Waals surface area contributed by atoms with Crippen molar-refractivity contribution in [3.8, 4) is 17.6 Å². The molecule has 0 radical (unpaired) electrons. The summed E-state index contributed by atoms with van der Waals surface area (Å²) >= 11 is 0. The SMILES string of the molecule is CCN(Cc1ccc2c(c1)OCO2)c1ccc(C#N)cn1. The Kier molecular flexibility index (Phi) is 3.61. The minimum absolute atomic E-state index is 0.285. The second kappa shape index (κ2) is 5.71. The Morgan fingerprint density at radius 1 is 1.24 bits per heavy atom. The zero-order valence-electron chi connectivity index (χ0n) is 11.7. The highest BCUT2D eigenvalue weighted by atomic mass is 16.7. The molecule has 1 aliphatic rings. The molecule has 2 aromatic rings. The van der Waals surface area contributed by atoms with E-state index in [1.807, 2.05) is 24.3 Å². The summed E-state index contributed by atoms with van der Waals surface area (Å²) in [6.07, 6.45) is 1.59. The first kappa shape index (κ1) is 13.3. The Balaban J connectivity index is 1.79. The second-order valence-corrected chi connectivity index (χ2v) is 4.72. The molecule has 0 unspecified atom stereocenters. The van der Waals surface area contributed by atoms with E-state index < -0.39 is 0 Å². The van der Waals surface area contributed by atoms with Gasteiger partial charge in [0.1, 0.15) is 11.9 Å². The highest BCUT2D eigenvalue weighted by molar-refractivity contribution is 5.47. The molecule has 1 aliphatic heterocycles. The molecule has 0 fully saturated rings. The number of ether oxygens (including phenoxy) is 2.